The molecular formula is C28H24. The SMILES string of the molecule is CC1(c2cccc(-c3ccccc3)c2)CC1c1cccc(-c2ccccc2)c1. The van der Waals surface area contributed by atoms with Crippen LogP contribution in [-0.4, -0.2) is 0 Å². The summed E-state index contributed by atoms with van der Waals surface area (Å²) in [5, 5.41) is 0. The zero-order valence-electron chi connectivity index (χ0n) is 16.2. The molecule has 0 radical (unpaired) electrons. The van der Waals surface area contributed by atoms with Crippen molar-refractivity contribution < 1.29 is 0 Å². The van der Waals surface area contributed by atoms with Crippen LogP contribution < -0.4 is 0 Å². The van der Waals surface area contributed by atoms with Gasteiger partial charge >= 0.3 is 0 Å². The maximum atomic E-state index is 2.41. The van der Waals surface area contributed by atoms with Crippen LogP contribution in [0, 0.1) is 0 Å². The van der Waals surface area contributed by atoms with E-state index >= 15 is 0 Å². The Morgan fingerprint density at radius 2 is 1.11 bits per heavy atom. The van der Waals surface area contributed by atoms with Gasteiger partial charge in [0.1, 0.15) is 0 Å². The highest BCUT2D eigenvalue weighted by Crippen LogP contribution is 2.60. The third-order valence-electron chi connectivity index (χ3n) is 6.26. The highest BCUT2D eigenvalue weighted by atomic mass is 14.5. The summed E-state index contributed by atoms with van der Waals surface area (Å²) in [4.78, 5) is 0. The topological polar surface area (TPSA) is 0 Å². The van der Waals surface area contributed by atoms with E-state index in [1.165, 1.54) is 39.8 Å². The van der Waals surface area contributed by atoms with Crippen molar-refractivity contribution in [3.8, 4) is 22.3 Å². The Hall–Kier alpha value is -3.12. The van der Waals surface area contributed by atoms with E-state index in [2.05, 4.69) is 116 Å². The number of hydrogen-bond acceptors (Lipinski definition) is 0. The van der Waals surface area contributed by atoms with E-state index in [-0.39, 0.29) is 5.41 Å². The Labute approximate surface area is 167 Å². The summed E-state index contributed by atoms with van der Waals surface area (Å²) < 4.78 is 0. The van der Waals surface area contributed by atoms with Crippen molar-refractivity contribution in [2.75, 3.05) is 0 Å². The molecule has 2 unspecified atom stereocenters. The predicted octanol–water partition coefficient (Wildman–Crippen LogP) is 7.47. The molecule has 28 heavy (non-hydrogen) atoms. The minimum atomic E-state index is 0.222. The van der Waals surface area contributed by atoms with Crippen molar-refractivity contribution >= 4 is 0 Å². The van der Waals surface area contributed by atoms with Crippen molar-refractivity contribution in [3.05, 3.63) is 120 Å². The molecule has 0 heteroatoms. The number of benzene rings is 4. The van der Waals surface area contributed by atoms with Gasteiger partial charge in [0.15, 0.2) is 0 Å². The van der Waals surface area contributed by atoms with Crippen molar-refractivity contribution in [1.82, 2.24) is 0 Å². The largest absolute Gasteiger partial charge is 0.0622 e. The fourth-order valence-electron chi connectivity index (χ4n) is 4.42. The van der Waals surface area contributed by atoms with E-state index in [0.717, 1.165) is 0 Å². The van der Waals surface area contributed by atoms with Gasteiger partial charge in [0.2, 0.25) is 0 Å². The lowest BCUT2D eigenvalue weighted by atomic mass is 9.89. The second kappa shape index (κ2) is 6.80. The molecule has 1 saturated carbocycles. The van der Waals surface area contributed by atoms with Crippen LogP contribution in [0.5, 0.6) is 0 Å². The minimum absolute atomic E-state index is 0.222. The molecule has 5 rings (SSSR count). The summed E-state index contributed by atoms with van der Waals surface area (Å²) in [6.07, 6.45) is 1.21. The summed E-state index contributed by atoms with van der Waals surface area (Å²) >= 11 is 0. The second-order valence-corrected chi connectivity index (χ2v) is 8.11. The Bertz CT molecular complexity index is 1090. The standard InChI is InChI=1S/C28H24/c1-28(26-17-9-15-24(19-26)22-12-6-3-7-13-22)20-27(28)25-16-8-14-23(18-25)21-10-4-2-5-11-21/h2-19,27H,20H2,1H3. The summed E-state index contributed by atoms with van der Waals surface area (Å²) in [5.41, 5.74) is 8.32. The van der Waals surface area contributed by atoms with Crippen molar-refractivity contribution in [2.24, 2.45) is 0 Å². The Morgan fingerprint density at radius 3 is 1.75 bits per heavy atom. The van der Waals surface area contributed by atoms with Gasteiger partial charge in [-0.05, 0) is 45.7 Å². The molecule has 0 amide bonds. The van der Waals surface area contributed by atoms with Gasteiger partial charge in [-0.2, -0.15) is 0 Å². The lowest BCUT2D eigenvalue weighted by Gasteiger charge is -2.15. The van der Waals surface area contributed by atoms with Crippen LogP contribution in [0.2, 0.25) is 0 Å². The molecule has 0 aromatic heterocycles. The summed E-state index contributed by atoms with van der Waals surface area (Å²) in [5.74, 6) is 0.585. The first-order valence-corrected chi connectivity index (χ1v) is 10.1. The maximum Gasteiger partial charge on any atom is 0.00000170 e. The number of rotatable bonds is 4. The van der Waals surface area contributed by atoms with Gasteiger partial charge in [-0.15, -0.1) is 0 Å². The maximum absolute atomic E-state index is 2.41. The lowest BCUT2D eigenvalue weighted by Crippen LogP contribution is -2.04. The molecule has 0 N–H and O–H groups in total. The fraction of sp³-hybridized carbons (Fsp3) is 0.143. The van der Waals surface area contributed by atoms with Gasteiger partial charge < -0.3 is 0 Å². The van der Waals surface area contributed by atoms with Gasteiger partial charge in [0, 0.05) is 5.41 Å². The van der Waals surface area contributed by atoms with Crippen LogP contribution in [0.3, 0.4) is 0 Å². The minimum Gasteiger partial charge on any atom is -0.0622 e. The first kappa shape index (κ1) is 17.0. The molecule has 1 fully saturated rings. The van der Waals surface area contributed by atoms with Gasteiger partial charge in [-0.1, -0.05) is 116 Å². The first-order chi connectivity index (χ1) is 13.7. The Balaban J connectivity index is 1.45. The van der Waals surface area contributed by atoms with E-state index in [9.17, 15) is 0 Å². The third-order valence-corrected chi connectivity index (χ3v) is 6.26. The quantitative estimate of drug-likeness (QED) is 0.354. The van der Waals surface area contributed by atoms with Gasteiger partial charge in [-0.3, -0.25) is 0 Å². The van der Waals surface area contributed by atoms with Gasteiger partial charge in [0.25, 0.3) is 0 Å². The van der Waals surface area contributed by atoms with E-state index in [1.807, 2.05) is 0 Å². The van der Waals surface area contributed by atoms with Crippen molar-refractivity contribution in [2.45, 2.75) is 24.7 Å². The zero-order valence-corrected chi connectivity index (χ0v) is 16.2. The molecule has 4 aromatic carbocycles. The normalized spacial score (nSPS) is 20.7. The lowest BCUT2D eigenvalue weighted by molar-refractivity contribution is 0.749. The monoisotopic (exact) mass is 360 g/mol. The molecule has 0 spiro atoms. The van der Waals surface area contributed by atoms with Crippen LogP contribution in [0.4, 0.5) is 0 Å². The summed E-state index contributed by atoms with van der Waals surface area (Å²) in [7, 11) is 0. The highest BCUT2D eigenvalue weighted by molar-refractivity contribution is 5.67. The van der Waals surface area contributed by atoms with Crippen LogP contribution in [0.15, 0.2) is 109 Å². The molecule has 2 atom stereocenters. The Morgan fingerprint density at radius 1 is 0.571 bits per heavy atom. The van der Waals surface area contributed by atoms with Crippen LogP contribution >= 0.6 is 0 Å². The number of hydrogen-bond donors (Lipinski definition) is 0. The molecule has 0 saturated heterocycles. The molecule has 0 aliphatic heterocycles. The van der Waals surface area contributed by atoms with Gasteiger partial charge in [-0.25, -0.2) is 0 Å². The molecule has 1 aliphatic carbocycles. The zero-order chi connectivity index (χ0) is 19.0. The van der Waals surface area contributed by atoms with E-state index in [4.69, 9.17) is 0 Å². The highest BCUT2D eigenvalue weighted by Gasteiger charge is 2.51. The van der Waals surface area contributed by atoms with Crippen LogP contribution in [0.1, 0.15) is 30.4 Å². The summed E-state index contributed by atoms with van der Waals surface area (Å²) in [6, 6.07) is 39.6. The van der Waals surface area contributed by atoms with Gasteiger partial charge in [0.05, 0.1) is 0 Å². The van der Waals surface area contributed by atoms with E-state index < -0.39 is 0 Å². The third kappa shape index (κ3) is 3.05. The van der Waals surface area contributed by atoms with Crippen LogP contribution in [-0.2, 0) is 5.41 Å². The average Bonchev–Trinajstić information content (AvgIpc) is 3.48. The fourth-order valence-corrected chi connectivity index (χ4v) is 4.42. The second-order valence-electron chi connectivity index (χ2n) is 8.11. The molecular weight excluding hydrogens is 336 g/mol. The van der Waals surface area contributed by atoms with Crippen molar-refractivity contribution in [1.29, 1.82) is 0 Å². The first-order valence-electron chi connectivity index (χ1n) is 10.1. The predicted molar refractivity (Wildman–Crippen MR) is 118 cm³/mol. The molecule has 136 valence electrons. The molecule has 4 aromatic rings. The van der Waals surface area contributed by atoms with Crippen molar-refractivity contribution in [3.63, 3.8) is 0 Å². The molecule has 0 nitrogen and oxygen atoms in total. The molecule has 1 aliphatic rings. The van der Waals surface area contributed by atoms with E-state index in [1.54, 1.807) is 0 Å². The molecule has 0 bridgehead atoms. The summed E-state index contributed by atoms with van der Waals surface area (Å²) in [6.45, 7) is 2.41. The molecule has 0 heterocycles. The van der Waals surface area contributed by atoms with E-state index in [0.29, 0.717) is 5.92 Å². The van der Waals surface area contributed by atoms with Crippen LogP contribution in [0.25, 0.3) is 22.3 Å². The Kier molecular flexibility index (Phi) is 4.13. The smallest absolute Gasteiger partial charge is 0.00000170 e. The average molecular weight is 361 g/mol.